The zero-order chi connectivity index (χ0) is 11.7. The van der Waals surface area contributed by atoms with Crippen LogP contribution in [0.1, 0.15) is 0 Å². The second-order valence-corrected chi connectivity index (χ2v) is 4.05. The van der Waals surface area contributed by atoms with Crippen molar-refractivity contribution < 1.29 is 0 Å². The Kier molecular flexibility index (Phi) is 2.45. The van der Waals surface area contributed by atoms with Gasteiger partial charge in [0.1, 0.15) is 10.7 Å². The predicted octanol–water partition coefficient (Wildman–Crippen LogP) is 1.59. The van der Waals surface area contributed by atoms with Crippen molar-refractivity contribution in [2.75, 3.05) is 0 Å². The van der Waals surface area contributed by atoms with E-state index in [9.17, 15) is 0 Å². The van der Waals surface area contributed by atoms with Crippen LogP contribution in [-0.2, 0) is 6.54 Å². The van der Waals surface area contributed by atoms with Crippen molar-refractivity contribution in [2.45, 2.75) is 6.54 Å². The molecule has 0 atom stereocenters. The Balaban J connectivity index is 1.97. The number of hydrazine groups is 1. The van der Waals surface area contributed by atoms with E-state index in [0.717, 1.165) is 16.9 Å². The van der Waals surface area contributed by atoms with Crippen molar-refractivity contribution in [3.63, 3.8) is 0 Å². The summed E-state index contributed by atoms with van der Waals surface area (Å²) in [6.45, 7) is 0.690. The summed E-state index contributed by atoms with van der Waals surface area (Å²) < 4.78 is 1.99. The van der Waals surface area contributed by atoms with Gasteiger partial charge in [-0.2, -0.15) is 0 Å². The fourth-order valence-corrected chi connectivity index (χ4v) is 1.85. The molecule has 2 aromatic rings. The Morgan fingerprint density at radius 1 is 1.41 bits per heavy atom. The average Bonchev–Trinajstić information content (AvgIpc) is 2.73. The van der Waals surface area contributed by atoms with Gasteiger partial charge in [-0.1, -0.05) is 11.6 Å². The molecular weight excluding hydrogens is 238 g/mol. The minimum absolute atomic E-state index is 0.404. The van der Waals surface area contributed by atoms with Gasteiger partial charge < -0.3 is 15.4 Å². The normalized spacial score (nSPS) is 14.3. The molecule has 0 saturated carbocycles. The van der Waals surface area contributed by atoms with Crippen LogP contribution < -0.4 is 10.9 Å². The lowest BCUT2D eigenvalue weighted by molar-refractivity contribution is 0.644. The molecule has 3 heterocycles. The number of nitrogens with zero attached hydrogens (tertiary/aromatic N) is 3. The lowest BCUT2D eigenvalue weighted by Gasteiger charge is -2.14. The number of allylic oxidation sites excluding steroid dienone is 3. The van der Waals surface area contributed by atoms with Crippen LogP contribution in [0.25, 0.3) is 11.2 Å². The summed E-state index contributed by atoms with van der Waals surface area (Å²) in [6, 6.07) is 1.92. The molecule has 17 heavy (non-hydrogen) atoms. The van der Waals surface area contributed by atoms with Gasteiger partial charge in [0, 0.05) is 12.4 Å². The topological polar surface area (TPSA) is 54.8 Å². The van der Waals surface area contributed by atoms with Crippen LogP contribution in [0, 0.1) is 0 Å². The molecule has 0 spiro atoms. The minimum Gasteiger partial charge on any atom is -0.325 e. The van der Waals surface area contributed by atoms with E-state index >= 15 is 0 Å². The molecular formula is C11H10ClN5. The number of nitrogens with one attached hydrogen (secondary N) is 2. The van der Waals surface area contributed by atoms with E-state index in [0.29, 0.717) is 11.7 Å². The molecule has 0 aromatic carbocycles. The van der Waals surface area contributed by atoms with Gasteiger partial charge in [0.05, 0.1) is 18.4 Å². The molecule has 0 radical (unpaired) electrons. The molecule has 0 unspecified atom stereocenters. The van der Waals surface area contributed by atoms with E-state index < -0.39 is 0 Å². The molecule has 2 aromatic heterocycles. The molecule has 0 saturated heterocycles. The van der Waals surface area contributed by atoms with Crippen LogP contribution in [-0.4, -0.2) is 14.5 Å². The SMILES string of the molecule is Clc1cnc2ccn(CC3=CC=CNN3)c2n1. The first-order chi connectivity index (χ1) is 8.33. The monoisotopic (exact) mass is 247 g/mol. The van der Waals surface area contributed by atoms with E-state index in [2.05, 4.69) is 20.8 Å². The number of halogens is 1. The molecule has 0 amide bonds. The molecule has 0 bridgehead atoms. The van der Waals surface area contributed by atoms with Crippen molar-refractivity contribution >= 4 is 22.8 Å². The summed E-state index contributed by atoms with van der Waals surface area (Å²) in [6.07, 6.45) is 9.27. The molecule has 0 aliphatic carbocycles. The summed E-state index contributed by atoms with van der Waals surface area (Å²) in [5, 5.41) is 0.404. The zero-order valence-corrected chi connectivity index (χ0v) is 9.65. The van der Waals surface area contributed by atoms with Gasteiger partial charge in [0.2, 0.25) is 0 Å². The summed E-state index contributed by atoms with van der Waals surface area (Å²) in [4.78, 5) is 8.48. The summed E-state index contributed by atoms with van der Waals surface area (Å²) in [5.74, 6) is 0. The van der Waals surface area contributed by atoms with Crippen LogP contribution in [0.2, 0.25) is 5.15 Å². The molecule has 6 heteroatoms. The maximum atomic E-state index is 5.85. The number of aromatic nitrogens is 3. The van der Waals surface area contributed by atoms with E-state index in [1.165, 1.54) is 0 Å². The zero-order valence-electron chi connectivity index (χ0n) is 8.89. The summed E-state index contributed by atoms with van der Waals surface area (Å²) in [5.41, 5.74) is 8.67. The van der Waals surface area contributed by atoms with Crippen LogP contribution in [0.4, 0.5) is 0 Å². The number of hydrogen-bond acceptors (Lipinski definition) is 4. The second-order valence-electron chi connectivity index (χ2n) is 3.67. The van der Waals surface area contributed by atoms with Crippen LogP contribution in [0.3, 0.4) is 0 Å². The maximum absolute atomic E-state index is 5.85. The van der Waals surface area contributed by atoms with Gasteiger partial charge >= 0.3 is 0 Å². The molecule has 5 nitrogen and oxygen atoms in total. The average molecular weight is 248 g/mol. The third-order valence-electron chi connectivity index (χ3n) is 2.49. The highest BCUT2D eigenvalue weighted by atomic mass is 35.5. The van der Waals surface area contributed by atoms with Gasteiger partial charge in [-0.15, -0.1) is 0 Å². The van der Waals surface area contributed by atoms with Gasteiger partial charge in [0.15, 0.2) is 5.65 Å². The Morgan fingerprint density at radius 2 is 2.35 bits per heavy atom. The molecule has 1 aliphatic heterocycles. The van der Waals surface area contributed by atoms with Gasteiger partial charge in [-0.25, -0.2) is 9.97 Å². The highest BCUT2D eigenvalue weighted by Crippen LogP contribution is 2.14. The smallest absolute Gasteiger partial charge is 0.160 e. The van der Waals surface area contributed by atoms with Crippen molar-refractivity contribution in [3.05, 3.63) is 47.7 Å². The first-order valence-electron chi connectivity index (χ1n) is 5.17. The van der Waals surface area contributed by atoms with Crippen LogP contribution >= 0.6 is 11.6 Å². The van der Waals surface area contributed by atoms with Crippen molar-refractivity contribution in [3.8, 4) is 0 Å². The molecule has 3 rings (SSSR count). The number of fused-ring (bicyclic) bond motifs is 1. The molecule has 1 aliphatic rings. The third-order valence-corrected chi connectivity index (χ3v) is 2.67. The molecule has 0 fully saturated rings. The lowest BCUT2D eigenvalue weighted by Crippen LogP contribution is -2.30. The van der Waals surface area contributed by atoms with Gasteiger partial charge in [-0.05, 0) is 18.2 Å². The van der Waals surface area contributed by atoms with Crippen molar-refractivity contribution in [1.29, 1.82) is 0 Å². The van der Waals surface area contributed by atoms with E-state index in [-0.39, 0.29) is 0 Å². The van der Waals surface area contributed by atoms with E-state index in [1.807, 2.05) is 35.2 Å². The Labute approximate surface area is 103 Å². The maximum Gasteiger partial charge on any atom is 0.160 e. The van der Waals surface area contributed by atoms with E-state index in [1.54, 1.807) is 6.20 Å². The van der Waals surface area contributed by atoms with Gasteiger partial charge in [-0.3, -0.25) is 0 Å². The Bertz CT molecular complexity index is 613. The second kappa shape index (κ2) is 4.10. The molecule has 86 valence electrons. The largest absolute Gasteiger partial charge is 0.325 e. The minimum atomic E-state index is 0.404. The highest BCUT2D eigenvalue weighted by Gasteiger charge is 2.06. The number of hydrogen-bond donors (Lipinski definition) is 2. The quantitative estimate of drug-likeness (QED) is 0.846. The standard InChI is InChI=1S/C11H10ClN5/c12-10-6-13-9-3-5-17(11(9)15-10)7-8-2-1-4-14-16-8/h1-6,14,16H,7H2. The first kappa shape index (κ1) is 10.2. The summed E-state index contributed by atoms with van der Waals surface area (Å²) in [7, 11) is 0. The first-order valence-corrected chi connectivity index (χ1v) is 5.55. The van der Waals surface area contributed by atoms with Crippen LogP contribution in [0.5, 0.6) is 0 Å². The van der Waals surface area contributed by atoms with Crippen molar-refractivity contribution in [1.82, 2.24) is 25.4 Å². The fraction of sp³-hybridized carbons (Fsp3) is 0.0909. The fourth-order valence-electron chi connectivity index (χ4n) is 1.72. The summed E-state index contributed by atoms with van der Waals surface area (Å²) >= 11 is 5.85. The lowest BCUT2D eigenvalue weighted by atomic mass is 10.3. The van der Waals surface area contributed by atoms with Gasteiger partial charge in [0.25, 0.3) is 0 Å². The third kappa shape index (κ3) is 1.97. The highest BCUT2D eigenvalue weighted by molar-refractivity contribution is 6.29. The predicted molar refractivity (Wildman–Crippen MR) is 66.0 cm³/mol. The Morgan fingerprint density at radius 3 is 3.18 bits per heavy atom. The molecule has 2 N–H and O–H groups in total. The Hall–Kier alpha value is -2.01. The van der Waals surface area contributed by atoms with E-state index in [4.69, 9.17) is 11.6 Å². The van der Waals surface area contributed by atoms with Crippen LogP contribution in [0.15, 0.2) is 42.5 Å². The number of rotatable bonds is 2. The van der Waals surface area contributed by atoms with Crippen molar-refractivity contribution in [2.24, 2.45) is 0 Å².